The number of carboxylic acids is 1. The summed E-state index contributed by atoms with van der Waals surface area (Å²) in [7, 11) is 0. The fraction of sp³-hybridized carbons (Fsp3) is 0.429. The van der Waals surface area contributed by atoms with Gasteiger partial charge >= 0.3 is 12.0 Å². The lowest BCUT2D eigenvalue weighted by Gasteiger charge is -2.29. The average molecular weight is 278 g/mol. The second-order valence-corrected chi connectivity index (χ2v) is 4.76. The van der Waals surface area contributed by atoms with Crippen molar-refractivity contribution < 1.29 is 19.8 Å². The van der Waals surface area contributed by atoms with Crippen molar-refractivity contribution in [2.75, 3.05) is 18.0 Å². The molecule has 2 rings (SSSR count). The van der Waals surface area contributed by atoms with E-state index in [4.69, 9.17) is 5.11 Å². The number of rotatable bonds is 3. The summed E-state index contributed by atoms with van der Waals surface area (Å²) in [6.07, 6.45) is -0.706. The van der Waals surface area contributed by atoms with Crippen molar-refractivity contribution in [1.82, 2.24) is 4.90 Å². The lowest BCUT2D eigenvalue weighted by Crippen LogP contribution is -2.48. The van der Waals surface area contributed by atoms with Gasteiger partial charge in [-0.1, -0.05) is 18.2 Å². The molecule has 0 aromatic heterocycles. The van der Waals surface area contributed by atoms with Crippen LogP contribution in [0.15, 0.2) is 30.3 Å². The number of β-amino-alcohol motifs (C(OH)–C–C–N with tert-alkyl or cyclic N) is 1. The highest BCUT2D eigenvalue weighted by atomic mass is 16.4. The normalized spacial score (nSPS) is 21.8. The van der Waals surface area contributed by atoms with Crippen LogP contribution in [-0.2, 0) is 4.79 Å². The molecular formula is C14H18N2O4. The zero-order valence-corrected chi connectivity index (χ0v) is 11.3. The Bertz CT molecular complexity index is 491. The molecule has 0 bridgehead atoms. The van der Waals surface area contributed by atoms with Crippen molar-refractivity contribution in [3.05, 3.63) is 30.3 Å². The van der Waals surface area contributed by atoms with E-state index in [1.54, 1.807) is 12.1 Å². The number of hydrogen-bond acceptors (Lipinski definition) is 3. The number of para-hydroxylation sites is 1. The third-order valence-corrected chi connectivity index (χ3v) is 3.42. The Hall–Kier alpha value is -2.08. The minimum absolute atomic E-state index is 0.0547. The van der Waals surface area contributed by atoms with E-state index >= 15 is 0 Å². The highest BCUT2D eigenvalue weighted by Crippen LogP contribution is 2.23. The van der Waals surface area contributed by atoms with Crippen molar-refractivity contribution in [1.29, 1.82) is 0 Å². The molecule has 2 atom stereocenters. The Morgan fingerprint density at radius 2 is 2.00 bits per heavy atom. The zero-order valence-electron chi connectivity index (χ0n) is 11.3. The first kappa shape index (κ1) is 14.3. The highest BCUT2D eigenvalue weighted by molar-refractivity contribution is 5.94. The number of aliphatic hydroxyl groups is 1. The van der Waals surface area contributed by atoms with Crippen molar-refractivity contribution in [3.8, 4) is 0 Å². The van der Waals surface area contributed by atoms with Gasteiger partial charge in [0.15, 0.2) is 0 Å². The van der Waals surface area contributed by atoms with E-state index in [2.05, 4.69) is 0 Å². The van der Waals surface area contributed by atoms with Crippen LogP contribution < -0.4 is 4.90 Å². The number of aliphatic carboxylic acids is 1. The smallest absolute Gasteiger partial charge is 0.326 e. The summed E-state index contributed by atoms with van der Waals surface area (Å²) in [5.74, 6) is -1.08. The largest absolute Gasteiger partial charge is 0.480 e. The molecule has 1 aliphatic rings. The first-order valence-corrected chi connectivity index (χ1v) is 6.58. The first-order valence-electron chi connectivity index (χ1n) is 6.58. The number of urea groups is 1. The topological polar surface area (TPSA) is 81.1 Å². The SMILES string of the molecule is CCN(C(=O)N1C[C@@H](O)C[C@H]1C(=O)O)c1ccccc1. The van der Waals surface area contributed by atoms with Gasteiger partial charge in [0.2, 0.25) is 0 Å². The van der Waals surface area contributed by atoms with Crippen LogP contribution in [0.1, 0.15) is 13.3 Å². The van der Waals surface area contributed by atoms with E-state index < -0.39 is 18.1 Å². The molecule has 1 saturated heterocycles. The summed E-state index contributed by atoms with van der Waals surface area (Å²) in [5, 5.41) is 18.8. The molecule has 2 N–H and O–H groups in total. The Labute approximate surface area is 117 Å². The van der Waals surface area contributed by atoms with E-state index in [0.717, 1.165) is 0 Å². The molecule has 1 heterocycles. The number of carbonyl (C=O) groups excluding carboxylic acids is 1. The zero-order chi connectivity index (χ0) is 14.7. The fourth-order valence-corrected chi connectivity index (χ4v) is 2.45. The number of aliphatic hydroxyl groups excluding tert-OH is 1. The standard InChI is InChI=1S/C14H18N2O4/c1-2-15(10-6-4-3-5-7-10)14(20)16-9-11(17)8-12(16)13(18)19/h3-7,11-12,17H,2,8-9H2,1H3,(H,18,19)/t11-,12-/m0/s1. The molecule has 0 radical (unpaired) electrons. The van der Waals surface area contributed by atoms with Crippen molar-refractivity contribution in [2.24, 2.45) is 0 Å². The van der Waals surface area contributed by atoms with Crippen LogP contribution in [-0.4, -0.2) is 52.3 Å². The van der Waals surface area contributed by atoms with Crippen LogP contribution in [0.3, 0.4) is 0 Å². The summed E-state index contributed by atoms with van der Waals surface area (Å²) in [6, 6.07) is 7.73. The Kier molecular flexibility index (Phi) is 4.24. The van der Waals surface area contributed by atoms with Gasteiger partial charge in [0.05, 0.1) is 6.10 Å². The van der Waals surface area contributed by atoms with Gasteiger partial charge in [-0.3, -0.25) is 4.90 Å². The second-order valence-electron chi connectivity index (χ2n) is 4.76. The number of carbonyl (C=O) groups is 2. The number of nitrogens with zero attached hydrogens (tertiary/aromatic N) is 2. The van der Waals surface area contributed by atoms with Crippen molar-refractivity contribution in [2.45, 2.75) is 25.5 Å². The minimum Gasteiger partial charge on any atom is -0.480 e. The lowest BCUT2D eigenvalue weighted by atomic mass is 10.2. The molecule has 1 aliphatic heterocycles. The first-order chi connectivity index (χ1) is 9.54. The molecule has 0 unspecified atom stereocenters. The molecule has 0 spiro atoms. The van der Waals surface area contributed by atoms with E-state index in [-0.39, 0.29) is 19.0 Å². The molecule has 108 valence electrons. The van der Waals surface area contributed by atoms with E-state index in [1.807, 2.05) is 25.1 Å². The van der Waals surface area contributed by atoms with E-state index in [9.17, 15) is 14.7 Å². The molecule has 6 heteroatoms. The van der Waals surface area contributed by atoms with Gasteiger partial charge in [-0.15, -0.1) is 0 Å². The van der Waals surface area contributed by atoms with Gasteiger partial charge in [0.1, 0.15) is 6.04 Å². The molecule has 6 nitrogen and oxygen atoms in total. The number of likely N-dealkylation sites (tertiary alicyclic amines) is 1. The van der Waals surface area contributed by atoms with Crippen LogP contribution in [0.2, 0.25) is 0 Å². The summed E-state index contributed by atoms with van der Waals surface area (Å²) < 4.78 is 0. The number of amides is 2. The van der Waals surface area contributed by atoms with Crippen LogP contribution in [0.4, 0.5) is 10.5 Å². The van der Waals surface area contributed by atoms with Crippen LogP contribution in [0.5, 0.6) is 0 Å². The van der Waals surface area contributed by atoms with Gasteiger partial charge in [0.25, 0.3) is 0 Å². The molecular weight excluding hydrogens is 260 g/mol. The maximum absolute atomic E-state index is 12.5. The quantitative estimate of drug-likeness (QED) is 0.869. The predicted molar refractivity (Wildman–Crippen MR) is 73.6 cm³/mol. The van der Waals surface area contributed by atoms with Gasteiger partial charge in [-0.05, 0) is 19.1 Å². The maximum atomic E-state index is 12.5. The minimum atomic E-state index is -1.08. The van der Waals surface area contributed by atoms with Crippen LogP contribution in [0, 0.1) is 0 Å². The van der Waals surface area contributed by atoms with E-state index in [1.165, 1.54) is 9.80 Å². The molecule has 1 aromatic rings. The summed E-state index contributed by atoms with van der Waals surface area (Å²) >= 11 is 0. The summed E-state index contributed by atoms with van der Waals surface area (Å²) in [4.78, 5) is 26.4. The van der Waals surface area contributed by atoms with Gasteiger partial charge < -0.3 is 15.1 Å². The number of anilines is 1. The summed E-state index contributed by atoms with van der Waals surface area (Å²) in [6.45, 7) is 2.31. The highest BCUT2D eigenvalue weighted by Gasteiger charge is 2.40. The fourth-order valence-electron chi connectivity index (χ4n) is 2.45. The van der Waals surface area contributed by atoms with E-state index in [0.29, 0.717) is 12.2 Å². The third kappa shape index (κ3) is 2.75. The van der Waals surface area contributed by atoms with Gasteiger partial charge in [-0.25, -0.2) is 9.59 Å². The third-order valence-electron chi connectivity index (χ3n) is 3.42. The number of carboxylic acid groups (broad SMARTS) is 1. The molecule has 20 heavy (non-hydrogen) atoms. The Balaban J connectivity index is 2.22. The van der Waals surface area contributed by atoms with Gasteiger partial charge in [0, 0.05) is 25.2 Å². The number of hydrogen-bond donors (Lipinski definition) is 2. The average Bonchev–Trinajstić information content (AvgIpc) is 2.83. The molecule has 1 fully saturated rings. The van der Waals surface area contributed by atoms with Gasteiger partial charge in [-0.2, -0.15) is 0 Å². The lowest BCUT2D eigenvalue weighted by molar-refractivity contribution is -0.141. The Morgan fingerprint density at radius 3 is 2.55 bits per heavy atom. The molecule has 2 amide bonds. The molecule has 1 aromatic carbocycles. The summed E-state index contributed by atoms with van der Waals surface area (Å²) in [5.41, 5.74) is 0.713. The van der Waals surface area contributed by atoms with Crippen molar-refractivity contribution >= 4 is 17.7 Å². The van der Waals surface area contributed by atoms with Crippen molar-refractivity contribution in [3.63, 3.8) is 0 Å². The molecule has 0 aliphatic carbocycles. The number of benzene rings is 1. The van der Waals surface area contributed by atoms with Crippen LogP contribution >= 0.6 is 0 Å². The second kappa shape index (κ2) is 5.92. The van der Waals surface area contributed by atoms with Crippen LogP contribution in [0.25, 0.3) is 0 Å². The predicted octanol–water partition coefficient (Wildman–Crippen LogP) is 1.15. The monoisotopic (exact) mass is 278 g/mol. The maximum Gasteiger partial charge on any atom is 0.326 e. The molecule has 0 saturated carbocycles. The Morgan fingerprint density at radius 1 is 1.35 bits per heavy atom.